The minimum atomic E-state index is -0.971. The Hall–Kier alpha value is -4.06. The number of benzene rings is 2. The Morgan fingerprint density at radius 1 is 1.03 bits per heavy atom. The molecule has 6 nitrogen and oxygen atoms in total. The lowest BCUT2D eigenvalue weighted by atomic mass is 10.0. The van der Waals surface area contributed by atoms with Gasteiger partial charge in [0.15, 0.2) is 5.78 Å². The zero-order valence-electron chi connectivity index (χ0n) is 17.7. The van der Waals surface area contributed by atoms with E-state index < -0.39 is 12.2 Å². The molecule has 0 saturated heterocycles. The summed E-state index contributed by atoms with van der Waals surface area (Å²) in [6, 6.07) is 19.8. The quantitative estimate of drug-likeness (QED) is 0.351. The van der Waals surface area contributed by atoms with Crippen molar-refractivity contribution in [3.63, 3.8) is 0 Å². The zero-order valence-corrected chi connectivity index (χ0v) is 17.7. The van der Waals surface area contributed by atoms with E-state index in [4.69, 9.17) is 9.72 Å². The van der Waals surface area contributed by atoms with E-state index in [1.807, 2.05) is 36.4 Å². The second-order valence-corrected chi connectivity index (χ2v) is 7.76. The van der Waals surface area contributed by atoms with Crippen LogP contribution in [-0.2, 0) is 4.74 Å². The smallest absolute Gasteiger partial charge is 0.340 e. The number of hydrogen-bond acceptors (Lipinski definition) is 5. The van der Waals surface area contributed by atoms with Gasteiger partial charge in [-0.3, -0.25) is 14.2 Å². The van der Waals surface area contributed by atoms with E-state index in [9.17, 15) is 14.4 Å². The molecule has 1 aliphatic heterocycles. The van der Waals surface area contributed by atoms with Crippen LogP contribution in [0.25, 0.3) is 22.3 Å². The van der Waals surface area contributed by atoms with Crippen molar-refractivity contribution < 1.29 is 14.3 Å². The predicted molar refractivity (Wildman–Crippen MR) is 121 cm³/mol. The predicted octanol–water partition coefficient (Wildman–Crippen LogP) is 4.68. The molecule has 0 saturated carbocycles. The van der Waals surface area contributed by atoms with E-state index in [1.54, 1.807) is 44.2 Å². The van der Waals surface area contributed by atoms with Gasteiger partial charge in [0.25, 0.3) is 5.56 Å². The highest BCUT2D eigenvalue weighted by Crippen LogP contribution is 2.40. The fourth-order valence-electron chi connectivity index (χ4n) is 4.14. The number of carbonyl (C=O) groups is 2. The summed E-state index contributed by atoms with van der Waals surface area (Å²) in [5, 5.41) is 0.870. The summed E-state index contributed by atoms with van der Waals surface area (Å²) in [6.07, 6.45) is -0.685. The average molecular weight is 424 g/mol. The number of ether oxygens (including phenoxy) is 1. The van der Waals surface area contributed by atoms with Gasteiger partial charge < -0.3 is 4.74 Å². The van der Waals surface area contributed by atoms with Gasteiger partial charge in [0, 0.05) is 28.5 Å². The van der Waals surface area contributed by atoms with Gasteiger partial charge in [-0.05, 0) is 37.3 Å². The molecule has 0 spiro atoms. The van der Waals surface area contributed by atoms with E-state index in [0.717, 1.165) is 10.9 Å². The third kappa shape index (κ3) is 3.03. The van der Waals surface area contributed by atoms with Crippen LogP contribution in [0.4, 0.5) is 0 Å². The van der Waals surface area contributed by atoms with Crippen LogP contribution >= 0.6 is 0 Å². The van der Waals surface area contributed by atoms with E-state index in [2.05, 4.69) is 0 Å². The summed E-state index contributed by atoms with van der Waals surface area (Å²) in [4.78, 5) is 43.5. The van der Waals surface area contributed by atoms with Gasteiger partial charge in [0.1, 0.15) is 0 Å². The molecule has 0 fully saturated rings. The molecule has 3 heterocycles. The number of carbonyl (C=O) groups excluding carboxylic acids is 2. The van der Waals surface area contributed by atoms with Gasteiger partial charge in [0.2, 0.25) is 6.23 Å². The number of pyridine rings is 2. The third-order valence-corrected chi connectivity index (χ3v) is 5.83. The van der Waals surface area contributed by atoms with Gasteiger partial charge in [-0.2, -0.15) is 0 Å². The Morgan fingerprint density at radius 3 is 2.50 bits per heavy atom. The van der Waals surface area contributed by atoms with Crippen molar-refractivity contribution >= 4 is 22.7 Å². The summed E-state index contributed by atoms with van der Waals surface area (Å²) in [5.41, 5.74) is 3.11. The topological polar surface area (TPSA) is 78.3 Å². The molecule has 0 radical (unpaired) electrons. The Balaban J connectivity index is 1.74. The number of fused-ring (bicyclic) bond motifs is 4. The molecule has 0 amide bonds. The van der Waals surface area contributed by atoms with Crippen molar-refractivity contribution in [1.82, 2.24) is 9.55 Å². The number of nitrogens with zero attached hydrogens (tertiary/aromatic N) is 2. The number of aromatic nitrogens is 2. The molecule has 0 N–H and O–H groups in total. The Bertz CT molecular complexity index is 1450. The van der Waals surface area contributed by atoms with Gasteiger partial charge in [-0.15, -0.1) is 0 Å². The van der Waals surface area contributed by atoms with Crippen LogP contribution in [-0.4, -0.2) is 21.3 Å². The molecule has 0 bridgehead atoms. The molecule has 0 aliphatic carbocycles. The minimum Gasteiger partial charge on any atom is -0.433 e. The summed E-state index contributed by atoms with van der Waals surface area (Å²) in [7, 11) is 0. The summed E-state index contributed by atoms with van der Waals surface area (Å²) in [5.74, 6) is -0.657. The van der Waals surface area contributed by atoms with Crippen molar-refractivity contribution in [2.24, 2.45) is 0 Å². The Morgan fingerprint density at radius 2 is 1.75 bits per heavy atom. The Labute approximate surface area is 184 Å². The summed E-state index contributed by atoms with van der Waals surface area (Å²) < 4.78 is 7.29. The lowest BCUT2D eigenvalue weighted by Crippen LogP contribution is -2.29. The first-order valence-corrected chi connectivity index (χ1v) is 10.4. The van der Waals surface area contributed by atoms with E-state index >= 15 is 0 Å². The van der Waals surface area contributed by atoms with Crippen LogP contribution in [0.1, 0.15) is 51.4 Å². The number of ketones is 1. The molecule has 1 aliphatic rings. The summed E-state index contributed by atoms with van der Waals surface area (Å²) in [6.45, 7) is 3.39. The molecular weight excluding hydrogens is 404 g/mol. The van der Waals surface area contributed by atoms with Crippen molar-refractivity contribution in [3.05, 3.63) is 99.3 Å². The lowest BCUT2D eigenvalue weighted by molar-refractivity contribution is 0.0235. The standard InChI is InChI=1S/C26H20N2O4/c1-3-22(29)18-14-21-23-19(13-17-11-7-8-12-20(17)27-23)25(28(21)24(30)15(18)2)32-26(31)16-9-5-4-6-10-16/h4-14,25H,3H2,1-2H3. The highest BCUT2D eigenvalue weighted by atomic mass is 16.6. The molecular formula is C26H20N2O4. The van der Waals surface area contributed by atoms with E-state index in [0.29, 0.717) is 33.6 Å². The molecule has 6 heteroatoms. The van der Waals surface area contributed by atoms with Crippen LogP contribution in [0.3, 0.4) is 0 Å². The fourth-order valence-corrected chi connectivity index (χ4v) is 4.14. The molecule has 2 aromatic carbocycles. The largest absolute Gasteiger partial charge is 0.433 e. The molecule has 4 aromatic rings. The Kier molecular flexibility index (Phi) is 4.70. The first-order chi connectivity index (χ1) is 15.5. The second-order valence-electron chi connectivity index (χ2n) is 7.76. The maximum absolute atomic E-state index is 13.4. The monoisotopic (exact) mass is 424 g/mol. The molecule has 5 rings (SSSR count). The van der Waals surface area contributed by atoms with Crippen LogP contribution < -0.4 is 5.56 Å². The minimum absolute atomic E-state index is 0.116. The lowest BCUT2D eigenvalue weighted by Gasteiger charge is -2.18. The molecule has 32 heavy (non-hydrogen) atoms. The number of esters is 1. The molecule has 1 unspecified atom stereocenters. The maximum atomic E-state index is 13.4. The third-order valence-electron chi connectivity index (χ3n) is 5.83. The normalized spacial score (nSPS) is 14.1. The van der Waals surface area contributed by atoms with Crippen LogP contribution in [0.2, 0.25) is 0 Å². The van der Waals surface area contributed by atoms with Crippen molar-refractivity contribution in [2.45, 2.75) is 26.5 Å². The number of Topliss-reactive ketones (excluding diaryl/α,β-unsaturated/α-hetero) is 1. The zero-order chi connectivity index (χ0) is 22.4. The van der Waals surface area contributed by atoms with Crippen molar-refractivity contribution in [1.29, 1.82) is 0 Å². The number of para-hydroxylation sites is 1. The number of hydrogen-bond donors (Lipinski definition) is 0. The van der Waals surface area contributed by atoms with Crippen molar-refractivity contribution in [3.8, 4) is 11.4 Å². The van der Waals surface area contributed by atoms with Gasteiger partial charge >= 0.3 is 5.97 Å². The van der Waals surface area contributed by atoms with Crippen molar-refractivity contribution in [2.75, 3.05) is 0 Å². The summed E-state index contributed by atoms with van der Waals surface area (Å²) >= 11 is 0. The average Bonchev–Trinajstić information content (AvgIpc) is 3.12. The first-order valence-electron chi connectivity index (χ1n) is 10.4. The SMILES string of the molecule is CCC(=O)c1cc2n(c(=O)c1C)C(OC(=O)c1ccccc1)c1cc3ccccc3nc1-2. The maximum Gasteiger partial charge on any atom is 0.340 e. The number of rotatable bonds is 4. The van der Waals surface area contributed by atoms with Gasteiger partial charge in [0.05, 0.1) is 22.5 Å². The molecule has 158 valence electrons. The van der Waals surface area contributed by atoms with Gasteiger partial charge in [-0.25, -0.2) is 9.78 Å². The highest BCUT2D eigenvalue weighted by Gasteiger charge is 2.36. The fraction of sp³-hybridized carbons (Fsp3) is 0.154. The van der Waals surface area contributed by atoms with E-state index in [-0.39, 0.29) is 17.8 Å². The van der Waals surface area contributed by atoms with Crippen LogP contribution in [0.15, 0.2) is 71.5 Å². The van der Waals surface area contributed by atoms with E-state index in [1.165, 1.54) is 4.57 Å². The molecule has 1 atom stereocenters. The first kappa shape index (κ1) is 19.9. The molecule has 2 aromatic heterocycles. The van der Waals surface area contributed by atoms with Crippen LogP contribution in [0.5, 0.6) is 0 Å². The van der Waals surface area contributed by atoms with Gasteiger partial charge in [-0.1, -0.05) is 43.3 Å². The second kappa shape index (κ2) is 7.57. The highest BCUT2D eigenvalue weighted by molar-refractivity contribution is 5.98. The van der Waals surface area contributed by atoms with Crippen LogP contribution in [0, 0.1) is 6.92 Å².